The Bertz CT molecular complexity index is 1580. The highest BCUT2D eigenvalue weighted by molar-refractivity contribution is 8.00. The van der Waals surface area contributed by atoms with E-state index in [2.05, 4.69) is 10.6 Å². The van der Waals surface area contributed by atoms with Crippen molar-refractivity contribution in [2.24, 2.45) is 0 Å². The van der Waals surface area contributed by atoms with Crippen molar-refractivity contribution in [3.05, 3.63) is 150 Å². The second-order valence-corrected chi connectivity index (χ2v) is 9.97. The summed E-state index contributed by atoms with van der Waals surface area (Å²) >= 11 is 1.39. The molecule has 0 aromatic heterocycles. The van der Waals surface area contributed by atoms with Gasteiger partial charge < -0.3 is 15.4 Å². The molecule has 7 heteroatoms. The molecule has 0 aliphatic heterocycles. The van der Waals surface area contributed by atoms with E-state index in [4.69, 9.17) is 4.74 Å². The van der Waals surface area contributed by atoms with Gasteiger partial charge in [0.15, 0.2) is 0 Å². The molecule has 0 fully saturated rings. The van der Waals surface area contributed by atoms with E-state index < -0.39 is 17.0 Å². The van der Waals surface area contributed by atoms with Crippen LogP contribution in [0.4, 0.5) is 15.8 Å². The molecule has 0 saturated heterocycles. The Balaban J connectivity index is 1.26. The Kier molecular flexibility index (Phi) is 8.53. The first-order valence-electron chi connectivity index (χ1n) is 12.6. The van der Waals surface area contributed by atoms with Crippen molar-refractivity contribution in [1.29, 1.82) is 0 Å². The first-order chi connectivity index (χ1) is 19.5. The molecule has 198 valence electrons. The Morgan fingerprint density at radius 3 is 1.85 bits per heavy atom. The summed E-state index contributed by atoms with van der Waals surface area (Å²) in [5, 5.41) is 5.19. The molecule has 1 unspecified atom stereocenters. The van der Waals surface area contributed by atoms with Crippen LogP contribution in [0.2, 0.25) is 0 Å². The molecule has 2 N–H and O–H groups in total. The molecule has 0 aliphatic rings. The molecule has 0 saturated carbocycles. The van der Waals surface area contributed by atoms with Crippen LogP contribution in [0, 0.1) is 5.82 Å². The molecule has 0 radical (unpaired) electrons. The van der Waals surface area contributed by atoms with Crippen LogP contribution in [0.25, 0.3) is 0 Å². The van der Waals surface area contributed by atoms with Crippen molar-refractivity contribution in [1.82, 2.24) is 0 Å². The summed E-state index contributed by atoms with van der Waals surface area (Å²) in [5.41, 5.74) is 2.00. The summed E-state index contributed by atoms with van der Waals surface area (Å²) in [6, 6.07) is 39.1. The quantitative estimate of drug-likeness (QED) is 0.182. The van der Waals surface area contributed by atoms with Gasteiger partial charge >= 0.3 is 0 Å². The topological polar surface area (TPSA) is 67.4 Å². The Labute approximate surface area is 236 Å². The predicted molar refractivity (Wildman–Crippen MR) is 157 cm³/mol. The van der Waals surface area contributed by atoms with E-state index in [0.717, 1.165) is 16.2 Å². The fraction of sp³-hybridized carbons (Fsp3) is 0.0303. The number of para-hydroxylation sites is 1. The largest absolute Gasteiger partial charge is 0.457 e. The number of carbonyl (C=O) groups excluding carboxylic acids is 2. The van der Waals surface area contributed by atoms with Crippen molar-refractivity contribution in [3.63, 3.8) is 0 Å². The van der Waals surface area contributed by atoms with Gasteiger partial charge in [-0.25, -0.2) is 4.39 Å². The summed E-state index contributed by atoms with van der Waals surface area (Å²) in [6.45, 7) is 0. The van der Waals surface area contributed by atoms with Crippen molar-refractivity contribution in [2.75, 3.05) is 10.6 Å². The summed E-state index contributed by atoms with van der Waals surface area (Å²) in [4.78, 5) is 26.7. The third-order valence-electron chi connectivity index (χ3n) is 5.93. The van der Waals surface area contributed by atoms with Crippen molar-refractivity contribution in [3.8, 4) is 11.5 Å². The summed E-state index contributed by atoms with van der Waals surface area (Å²) in [6.07, 6.45) is 0. The highest BCUT2D eigenvalue weighted by Gasteiger charge is 2.22. The van der Waals surface area contributed by atoms with Gasteiger partial charge in [-0.1, -0.05) is 60.7 Å². The zero-order valence-corrected chi connectivity index (χ0v) is 22.1. The summed E-state index contributed by atoms with van der Waals surface area (Å²) in [5.74, 6) is 0.116. The van der Waals surface area contributed by atoms with Gasteiger partial charge in [0.2, 0.25) is 5.91 Å². The van der Waals surface area contributed by atoms with Crippen LogP contribution in [0.15, 0.2) is 138 Å². The minimum Gasteiger partial charge on any atom is -0.457 e. The number of rotatable bonds is 9. The lowest BCUT2D eigenvalue weighted by molar-refractivity contribution is -0.115. The molecule has 5 aromatic carbocycles. The molecule has 5 aromatic rings. The maximum atomic E-state index is 13.9. The normalized spacial score (nSPS) is 11.3. The molecule has 1 atom stereocenters. The summed E-state index contributed by atoms with van der Waals surface area (Å²) < 4.78 is 19.8. The van der Waals surface area contributed by atoms with Gasteiger partial charge in [0.05, 0.1) is 5.56 Å². The number of amides is 2. The maximum absolute atomic E-state index is 13.9. The predicted octanol–water partition coefficient (Wildman–Crippen LogP) is 8.34. The number of ether oxygens (including phenoxy) is 1. The van der Waals surface area contributed by atoms with Crippen LogP contribution in [0.5, 0.6) is 11.5 Å². The standard InChI is InChI=1S/C33H25FN2O3S/c34-30-14-8-7-13-29(30)32(37)35-25-17-21-28(22-18-25)40-31(23-9-3-1-4-10-23)33(38)36-24-15-19-27(20-16-24)39-26-11-5-2-6-12-26/h1-22,31H,(H,35,37)(H,36,38). The Morgan fingerprint density at radius 2 is 1.18 bits per heavy atom. The molecule has 0 bridgehead atoms. The zero-order valence-electron chi connectivity index (χ0n) is 21.3. The molecule has 2 amide bonds. The molecule has 0 heterocycles. The van der Waals surface area contributed by atoms with Crippen LogP contribution in [-0.2, 0) is 4.79 Å². The number of hydrogen-bond acceptors (Lipinski definition) is 4. The SMILES string of the molecule is O=C(Nc1ccc(SC(C(=O)Nc2ccc(Oc3ccccc3)cc2)c2ccccc2)cc1)c1ccccc1F. The Morgan fingerprint density at radius 1 is 0.625 bits per heavy atom. The van der Waals surface area contributed by atoms with Crippen molar-refractivity contribution < 1.29 is 18.7 Å². The monoisotopic (exact) mass is 548 g/mol. The zero-order chi connectivity index (χ0) is 27.7. The number of benzene rings is 5. The van der Waals surface area contributed by atoms with E-state index >= 15 is 0 Å². The maximum Gasteiger partial charge on any atom is 0.258 e. The summed E-state index contributed by atoms with van der Waals surface area (Å²) in [7, 11) is 0. The van der Waals surface area contributed by atoms with E-state index in [-0.39, 0.29) is 11.5 Å². The van der Waals surface area contributed by atoms with Gasteiger partial charge in [0.25, 0.3) is 5.91 Å². The van der Waals surface area contributed by atoms with Crippen molar-refractivity contribution >= 4 is 35.0 Å². The lowest BCUT2D eigenvalue weighted by Crippen LogP contribution is -2.19. The highest BCUT2D eigenvalue weighted by atomic mass is 32.2. The number of carbonyl (C=O) groups is 2. The lowest BCUT2D eigenvalue weighted by Gasteiger charge is -2.18. The third-order valence-corrected chi connectivity index (χ3v) is 7.19. The number of nitrogens with one attached hydrogen (secondary N) is 2. The average Bonchev–Trinajstić information content (AvgIpc) is 2.99. The molecular formula is C33H25FN2O3S. The molecule has 0 aliphatic carbocycles. The first kappa shape index (κ1) is 26.7. The lowest BCUT2D eigenvalue weighted by atomic mass is 10.1. The molecular weight excluding hydrogens is 523 g/mol. The average molecular weight is 549 g/mol. The van der Waals surface area contributed by atoms with Crippen molar-refractivity contribution in [2.45, 2.75) is 10.1 Å². The smallest absolute Gasteiger partial charge is 0.258 e. The van der Waals surface area contributed by atoms with E-state index in [9.17, 15) is 14.0 Å². The Hall–Kier alpha value is -4.88. The van der Waals surface area contributed by atoms with Crippen LogP contribution in [-0.4, -0.2) is 11.8 Å². The van der Waals surface area contributed by atoms with E-state index in [0.29, 0.717) is 17.1 Å². The van der Waals surface area contributed by atoms with Gasteiger partial charge in [-0.15, -0.1) is 11.8 Å². The number of hydrogen-bond donors (Lipinski definition) is 2. The number of thioether (sulfide) groups is 1. The van der Waals surface area contributed by atoms with Gasteiger partial charge in [0.1, 0.15) is 22.6 Å². The highest BCUT2D eigenvalue weighted by Crippen LogP contribution is 2.37. The van der Waals surface area contributed by atoms with E-state index in [1.54, 1.807) is 30.3 Å². The third kappa shape index (κ3) is 6.95. The fourth-order valence-electron chi connectivity index (χ4n) is 3.94. The van der Waals surface area contributed by atoms with Gasteiger partial charge in [-0.3, -0.25) is 9.59 Å². The second kappa shape index (κ2) is 12.8. The molecule has 40 heavy (non-hydrogen) atoms. The van der Waals surface area contributed by atoms with Gasteiger partial charge in [0, 0.05) is 16.3 Å². The molecule has 0 spiro atoms. The van der Waals surface area contributed by atoms with Crippen LogP contribution >= 0.6 is 11.8 Å². The van der Waals surface area contributed by atoms with E-state index in [1.807, 2.05) is 84.9 Å². The molecule has 5 rings (SSSR count). The fourth-order valence-corrected chi connectivity index (χ4v) is 4.96. The van der Waals surface area contributed by atoms with Crippen LogP contribution in [0.1, 0.15) is 21.2 Å². The number of anilines is 2. The minimum absolute atomic E-state index is 0.0265. The molecule has 5 nitrogen and oxygen atoms in total. The van der Waals surface area contributed by atoms with Crippen LogP contribution in [0.3, 0.4) is 0 Å². The second-order valence-electron chi connectivity index (χ2n) is 8.80. The van der Waals surface area contributed by atoms with Gasteiger partial charge in [-0.2, -0.15) is 0 Å². The number of halogens is 1. The van der Waals surface area contributed by atoms with Crippen LogP contribution < -0.4 is 15.4 Å². The van der Waals surface area contributed by atoms with E-state index in [1.165, 1.54) is 30.0 Å². The first-order valence-corrected chi connectivity index (χ1v) is 13.4. The van der Waals surface area contributed by atoms with Gasteiger partial charge in [-0.05, 0) is 78.4 Å². The minimum atomic E-state index is -0.581.